The van der Waals surface area contributed by atoms with Gasteiger partial charge in [0.2, 0.25) is 0 Å². The first-order valence-corrected chi connectivity index (χ1v) is 4.93. The fraction of sp³-hybridized carbons (Fsp3) is 0.400. The van der Waals surface area contributed by atoms with E-state index < -0.39 is 23.3 Å². The molecule has 1 unspecified atom stereocenters. The van der Waals surface area contributed by atoms with Gasteiger partial charge in [0, 0.05) is 6.20 Å². The van der Waals surface area contributed by atoms with E-state index >= 15 is 0 Å². The molecule has 0 fully saturated rings. The molecule has 1 aromatic rings. The van der Waals surface area contributed by atoms with Gasteiger partial charge in [-0.05, 0) is 13.8 Å². The number of carbonyl (C=O) groups excluding carboxylic acids is 1. The summed E-state index contributed by atoms with van der Waals surface area (Å²) in [5.41, 5.74) is -1.76. The van der Waals surface area contributed by atoms with Crippen molar-refractivity contribution in [1.29, 1.82) is 5.26 Å². The van der Waals surface area contributed by atoms with Crippen molar-refractivity contribution in [2.45, 2.75) is 19.9 Å². The van der Waals surface area contributed by atoms with Crippen LogP contribution in [0.15, 0.2) is 15.8 Å². The van der Waals surface area contributed by atoms with Crippen LogP contribution in [0.3, 0.4) is 0 Å². The number of hydrogen-bond acceptors (Lipinski definition) is 5. The number of aromatic nitrogens is 2. The number of ether oxygens (including phenoxy) is 1. The molecule has 1 aromatic heterocycles. The Morgan fingerprint density at radius 3 is 2.82 bits per heavy atom. The van der Waals surface area contributed by atoms with Gasteiger partial charge < -0.3 is 4.74 Å². The lowest BCUT2D eigenvalue weighted by molar-refractivity contribution is -0.146. The molecule has 0 bridgehead atoms. The van der Waals surface area contributed by atoms with E-state index in [-0.39, 0.29) is 12.2 Å². The molecule has 0 aliphatic carbocycles. The molecular weight excluding hydrogens is 226 g/mol. The summed E-state index contributed by atoms with van der Waals surface area (Å²) in [4.78, 5) is 36.0. The van der Waals surface area contributed by atoms with Gasteiger partial charge in [0.1, 0.15) is 17.7 Å². The Morgan fingerprint density at radius 2 is 2.29 bits per heavy atom. The fourth-order valence-corrected chi connectivity index (χ4v) is 1.23. The van der Waals surface area contributed by atoms with Gasteiger partial charge in [-0.3, -0.25) is 14.3 Å². The quantitative estimate of drug-likeness (QED) is 0.715. The number of carbonyl (C=O) groups is 1. The zero-order valence-corrected chi connectivity index (χ0v) is 9.39. The number of nitriles is 1. The third-order valence-corrected chi connectivity index (χ3v) is 2.13. The number of rotatable bonds is 3. The SMILES string of the molecule is CCOC(=O)C(C)n1cc(C#N)c(=O)[nH]c1=O. The van der Waals surface area contributed by atoms with E-state index in [1.165, 1.54) is 6.92 Å². The van der Waals surface area contributed by atoms with Crippen LogP contribution in [-0.2, 0) is 9.53 Å². The molecule has 7 nitrogen and oxygen atoms in total. The molecule has 0 saturated carbocycles. The maximum atomic E-state index is 11.4. The van der Waals surface area contributed by atoms with Crippen LogP contribution >= 0.6 is 0 Å². The monoisotopic (exact) mass is 237 g/mol. The number of nitrogens with one attached hydrogen (secondary N) is 1. The predicted molar refractivity (Wildman–Crippen MR) is 57.4 cm³/mol. The summed E-state index contributed by atoms with van der Waals surface area (Å²) in [7, 11) is 0. The number of H-pyrrole nitrogens is 1. The van der Waals surface area contributed by atoms with Gasteiger partial charge in [-0.2, -0.15) is 5.26 Å². The first-order valence-electron chi connectivity index (χ1n) is 4.93. The lowest BCUT2D eigenvalue weighted by atomic mass is 10.3. The van der Waals surface area contributed by atoms with Crippen molar-refractivity contribution in [2.24, 2.45) is 0 Å². The van der Waals surface area contributed by atoms with Crippen molar-refractivity contribution >= 4 is 5.97 Å². The summed E-state index contributed by atoms with van der Waals surface area (Å²) in [5.74, 6) is -0.606. The summed E-state index contributed by atoms with van der Waals surface area (Å²) >= 11 is 0. The number of hydrogen-bond donors (Lipinski definition) is 1. The molecule has 0 saturated heterocycles. The van der Waals surface area contributed by atoms with Crippen molar-refractivity contribution in [3.05, 3.63) is 32.6 Å². The second kappa shape index (κ2) is 5.12. The summed E-state index contributed by atoms with van der Waals surface area (Å²) in [6, 6.07) is 0.736. The summed E-state index contributed by atoms with van der Waals surface area (Å²) < 4.78 is 5.70. The molecule has 1 N–H and O–H groups in total. The Morgan fingerprint density at radius 1 is 1.65 bits per heavy atom. The Hall–Kier alpha value is -2.36. The molecule has 1 atom stereocenters. The second-order valence-corrected chi connectivity index (χ2v) is 3.25. The summed E-state index contributed by atoms with van der Waals surface area (Å²) in [6.45, 7) is 3.27. The Balaban J connectivity index is 3.24. The molecule has 0 aromatic carbocycles. The van der Waals surface area contributed by atoms with Crippen LogP contribution in [0.1, 0.15) is 25.5 Å². The van der Waals surface area contributed by atoms with E-state index in [0.29, 0.717) is 0 Å². The van der Waals surface area contributed by atoms with E-state index in [0.717, 1.165) is 10.8 Å². The Labute approximate surface area is 96.3 Å². The lowest BCUT2D eigenvalue weighted by Gasteiger charge is -2.12. The normalized spacial score (nSPS) is 11.6. The van der Waals surface area contributed by atoms with Crippen molar-refractivity contribution in [3.8, 4) is 6.07 Å². The molecule has 0 amide bonds. The average molecular weight is 237 g/mol. The second-order valence-electron chi connectivity index (χ2n) is 3.25. The van der Waals surface area contributed by atoms with Crippen molar-refractivity contribution in [1.82, 2.24) is 9.55 Å². The largest absolute Gasteiger partial charge is 0.464 e. The molecule has 7 heteroatoms. The highest BCUT2D eigenvalue weighted by molar-refractivity contribution is 5.73. The number of aromatic amines is 1. The highest BCUT2D eigenvalue weighted by Crippen LogP contribution is 2.04. The Bertz CT molecular complexity index is 578. The van der Waals surface area contributed by atoms with Crippen molar-refractivity contribution < 1.29 is 9.53 Å². The molecule has 1 rings (SSSR count). The van der Waals surface area contributed by atoms with E-state index in [2.05, 4.69) is 0 Å². The van der Waals surface area contributed by atoms with Gasteiger partial charge in [-0.15, -0.1) is 0 Å². The molecular formula is C10H11N3O4. The van der Waals surface area contributed by atoms with Crippen LogP contribution in [-0.4, -0.2) is 22.1 Å². The third-order valence-electron chi connectivity index (χ3n) is 2.13. The van der Waals surface area contributed by atoms with E-state index in [1.54, 1.807) is 13.0 Å². The minimum absolute atomic E-state index is 0.187. The minimum Gasteiger partial charge on any atom is -0.464 e. The first-order chi connectivity index (χ1) is 8.01. The van der Waals surface area contributed by atoms with Crippen LogP contribution in [0.5, 0.6) is 0 Å². The molecule has 1 heterocycles. The van der Waals surface area contributed by atoms with Gasteiger partial charge in [0.25, 0.3) is 5.56 Å². The topological polar surface area (TPSA) is 105 Å². The van der Waals surface area contributed by atoms with Crippen molar-refractivity contribution in [2.75, 3.05) is 6.61 Å². The number of esters is 1. The lowest BCUT2D eigenvalue weighted by Crippen LogP contribution is -2.35. The number of nitrogens with zero attached hydrogens (tertiary/aromatic N) is 2. The molecule has 17 heavy (non-hydrogen) atoms. The standard InChI is InChI=1S/C10H11N3O4/c1-3-17-9(15)6(2)13-5-7(4-11)8(14)12-10(13)16/h5-6H,3H2,1-2H3,(H,12,14,16). The summed E-state index contributed by atoms with van der Waals surface area (Å²) in [6.07, 6.45) is 1.04. The van der Waals surface area contributed by atoms with Crippen LogP contribution in [0, 0.1) is 11.3 Å². The fourth-order valence-electron chi connectivity index (χ4n) is 1.23. The van der Waals surface area contributed by atoms with Gasteiger partial charge in [0.15, 0.2) is 0 Å². The molecule has 0 spiro atoms. The van der Waals surface area contributed by atoms with E-state index in [1.807, 2.05) is 4.98 Å². The minimum atomic E-state index is -0.897. The van der Waals surface area contributed by atoms with Gasteiger partial charge in [-0.25, -0.2) is 9.59 Å². The maximum Gasteiger partial charge on any atom is 0.329 e. The predicted octanol–water partition coefficient (Wildman–Crippen LogP) is -0.468. The van der Waals surface area contributed by atoms with E-state index in [4.69, 9.17) is 10.00 Å². The van der Waals surface area contributed by atoms with Gasteiger partial charge in [-0.1, -0.05) is 0 Å². The van der Waals surface area contributed by atoms with Crippen molar-refractivity contribution in [3.63, 3.8) is 0 Å². The van der Waals surface area contributed by atoms with Gasteiger partial charge in [0.05, 0.1) is 6.61 Å². The van der Waals surface area contributed by atoms with Crippen LogP contribution < -0.4 is 11.2 Å². The first kappa shape index (κ1) is 12.7. The third kappa shape index (κ3) is 2.60. The van der Waals surface area contributed by atoms with Gasteiger partial charge >= 0.3 is 11.7 Å². The molecule has 0 radical (unpaired) electrons. The molecule has 90 valence electrons. The van der Waals surface area contributed by atoms with Crippen LogP contribution in [0.2, 0.25) is 0 Å². The molecule has 0 aliphatic heterocycles. The molecule has 0 aliphatic rings. The average Bonchev–Trinajstić information content (AvgIpc) is 2.29. The zero-order chi connectivity index (χ0) is 13.0. The summed E-state index contributed by atoms with van der Waals surface area (Å²) in [5, 5.41) is 8.66. The van der Waals surface area contributed by atoms with E-state index in [9.17, 15) is 14.4 Å². The Kier molecular flexibility index (Phi) is 3.82. The highest BCUT2D eigenvalue weighted by atomic mass is 16.5. The smallest absolute Gasteiger partial charge is 0.329 e. The van der Waals surface area contributed by atoms with Crippen LogP contribution in [0.25, 0.3) is 0 Å². The zero-order valence-electron chi connectivity index (χ0n) is 9.39. The van der Waals surface area contributed by atoms with Crippen LogP contribution in [0.4, 0.5) is 0 Å². The maximum absolute atomic E-state index is 11.4. The highest BCUT2D eigenvalue weighted by Gasteiger charge is 2.18.